The summed E-state index contributed by atoms with van der Waals surface area (Å²) < 4.78 is 0. The number of rotatable bonds is 1. The average Bonchev–Trinajstić information content (AvgIpc) is 2.83. The molecule has 2 nitrogen and oxygen atoms in total. The van der Waals surface area contributed by atoms with Gasteiger partial charge in [-0.1, -0.05) is 36.4 Å². The van der Waals surface area contributed by atoms with Gasteiger partial charge in [0, 0.05) is 23.9 Å². The van der Waals surface area contributed by atoms with Crippen LogP contribution in [0.5, 0.6) is 0 Å². The first kappa shape index (κ1) is 10.8. The minimum absolute atomic E-state index is 0.553. The van der Waals surface area contributed by atoms with Crippen LogP contribution < -0.4 is 10.6 Å². The third kappa shape index (κ3) is 1.42. The summed E-state index contributed by atoms with van der Waals surface area (Å²) in [7, 11) is 0. The van der Waals surface area contributed by atoms with Crippen molar-refractivity contribution in [2.24, 2.45) is 5.41 Å². The fraction of sp³-hybridized carbons (Fsp3) is 0.500. The van der Waals surface area contributed by atoms with Gasteiger partial charge in [0.1, 0.15) is 0 Å². The highest BCUT2D eigenvalue weighted by molar-refractivity contribution is 5.63. The minimum Gasteiger partial charge on any atom is -0.317 e. The van der Waals surface area contributed by atoms with E-state index in [-0.39, 0.29) is 0 Å². The molecule has 4 rings (SSSR count). The highest BCUT2D eigenvalue weighted by Crippen LogP contribution is 2.47. The second-order valence-electron chi connectivity index (χ2n) is 5.98. The van der Waals surface area contributed by atoms with E-state index >= 15 is 0 Å². The zero-order valence-electron chi connectivity index (χ0n) is 10.7. The molecule has 2 unspecified atom stereocenters. The Hall–Kier alpha value is -1.12. The van der Waals surface area contributed by atoms with Crippen molar-refractivity contribution < 1.29 is 0 Å². The molecule has 94 valence electrons. The first-order valence-corrected chi connectivity index (χ1v) is 7.10. The Morgan fingerprint density at radius 1 is 1.11 bits per heavy atom. The molecule has 2 heteroatoms. The average molecular weight is 240 g/mol. The predicted molar refractivity (Wildman–Crippen MR) is 74.5 cm³/mol. The lowest BCUT2D eigenvalue weighted by atomic mass is 9.62. The molecule has 0 aromatic heterocycles. The topological polar surface area (TPSA) is 24.1 Å². The Morgan fingerprint density at radius 2 is 1.94 bits per heavy atom. The maximum atomic E-state index is 3.71. The Bertz CT molecular complexity index is 486. The lowest BCUT2D eigenvalue weighted by Crippen LogP contribution is -2.67. The Morgan fingerprint density at radius 3 is 2.72 bits per heavy atom. The summed E-state index contributed by atoms with van der Waals surface area (Å²) in [6.07, 6.45) is 7.37. The van der Waals surface area contributed by atoms with Gasteiger partial charge in [-0.05, 0) is 37.1 Å². The highest BCUT2D eigenvalue weighted by atomic mass is 15.1. The molecule has 1 aliphatic carbocycles. The minimum atomic E-state index is 0.553. The van der Waals surface area contributed by atoms with Gasteiger partial charge in [-0.25, -0.2) is 0 Å². The molecule has 2 saturated heterocycles. The number of hydrogen-bond acceptors (Lipinski definition) is 2. The Balaban J connectivity index is 1.64. The monoisotopic (exact) mass is 240 g/mol. The molecule has 1 aromatic carbocycles. The molecular formula is C16H20N2. The fourth-order valence-corrected chi connectivity index (χ4v) is 4.00. The molecule has 1 spiro atoms. The first-order valence-electron chi connectivity index (χ1n) is 7.10. The van der Waals surface area contributed by atoms with Crippen LogP contribution in [0, 0.1) is 5.41 Å². The van der Waals surface area contributed by atoms with Crippen molar-refractivity contribution >= 4 is 6.08 Å². The van der Waals surface area contributed by atoms with Crippen molar-refractivity contribution in [1.29, 1.82) is 0 Å². The van der Waals surface area contributed by atoms with Gasteiger partial charge in [0.2, 0.25) is 0 Å². The molecule has 2 N–H and O–H groups in total. The van der Waals surface area contributed by atoms with Gasteiger partial charge in [0.15, 0.2) is 0 Å². The number of hydrogen-bond donors (Lipinski definition) is 2. The van der Waals surface area contributed by atoms with E-state index < -0.39 is 0 Å². The van der Waals surface area contributed by atoms with Crippen molar-refractivity contribution in [2.75, 3.05) is 19.6 Å². The fourth-order valence-electron chi connectivity index (χ4n) is 4.00. The van der Waals surface area contributed by atoms with E-state index in [4.69, 9.17) is 0 Å². The van der Waals surface area contributed by atoms with Crippen LogP contribution in [0.2, 0.25) is 0 Å². The maximum Gasteiger partial charge on any atom is 0.0241 e. The zero-order chi connectivity index (χ0) is 12.0. The summed E-state index contributed by atoms with van der Waals surface area (Å²) in [5, 5.41) is 7.20. The molecule has 3 aliphatic rings. The Kier molecular flexibility index (Phi) is 2.36. The van der Waals surface area contributed by atoms with Crippen LogP contribution in [0.25, 0.3) is 6.08 Å². The molecule has 0 bridgehead atoms. The van der Waals surface area contributed by atoms with Crippen LogP contribution in [-0.4, -0.2) is 25.7 Å². The van der Waals surface area contributed by atoms with Crippen molar-refractivity contribution in [3.63, 3.8) is 0 Å². The molecule has 0 saturated carbocycles. The van der Waals surface area contributed by atoms with E-state index in [9.17, 15) is 0 Å². The highest BCUT2D eigenvalue weighted by Gasteiger charge is 2.50. The van der Waals surface area contributed by atoms with Crippen LogP contribution >= 0.6 is 0 Å². The van der Waals surface area contributed by atoms with Crippen molar-refractivity contribution in [1.82, 2.24) is 10.6 Å². The summed E-state index contributed by atoms with van der Waals surface area (Å²) in [6.45, 7) is 3.60. The van der Waals surface area contributed by atoms with Gasteiger partial charge < -0.3 is 10.6 Å². The van der Waals surface area contributed by atoms with Crippen LogP contribution in [0.3, 0.4) is 0 Å². The third-order valence-corrected chi connectivity index (χ3v) is 5.13. The number of fused-ring (bicyclic) bond motifs is 1. The van der Waals surface area contributed by atoms with Gasteiger partial charge in [0.25, 0.3) is 0 Å². The van der Waals surface area contributed by atoms with Gasteiger partial charge in [-0.15, -0.1) is 0 Å². The van der Waals surface area contributed by atoms with E-state index in [1.807, 2.05) is 0 Å². The third-order valence-electron chi connectivity index (χ3n) is 5.13. The molecule has 2 atom stereocenters. The second-order valence-corrected chi connectivity index (χ2v) is 5.98. The molecule has 0 radical (unpaired) electrons. The Labute approximate surface area is 108 Å². The van der Waals surface area contributed by atoms with Crippen LogP contribution in [0.1, 0.15) is 29.9 Å². The van der Waals surface area contributed by atoms with Gasteiger partial charge in [-0.2, -0.15) is 0 Å². The van der Waals surface area contributed by atoms with E-state index in [0.717, 1.165) is 0 Å². The lowest BCUT2D eigenvalue weighted by molar-refractivity contribution is 0.0365. The second kappa shape index (κ2) is 3.94. The van der Waals surface area contributed by atoms with Gasteiger partial charge in [-0.3, -0.25) is 0 Å². The van der Waals surface area contributed by atoms with Crippen molar-refractivity contribution in [2.45, 2.75) is 24.8 Å². The SMILES string of the molecule is C1=CC(C2NCC23CCNCC3)c2ccccc21. The molecule has 1 aromatic rings. The summed E-state index contributed by atoms with van der Waals surface area (Å²) in [6, 6.07) is 9.50. The number of benzene rings is 1. The van der Waals surface area contributed by atoms with E-state index in [1.54, 1.807) is 0 Å². The quantitative estimate of drug-likeness (QED) is 0.786. The van der Waals surface area contributed by atoms with Crippen molar-refractivity contribution in [3.8, 4) is 0 Å². The summed E-state index contributed by atoms with van der Waals surface area (Å²) >= 11 is 0. The van der Waals surface area contributed by atoms with E-state index in [1.165, 1.54) is 43.6 Å². The van der Waals surface area contributed by atoms with Crippen LogP contribution in [0.15, 0.2) is 30.3 Å². The smallest absolute Gasteiger partial charge is 0.0241 e. The zero-order valence-corrected chi connectivity index (χ0v) is 10.7. The number of nitrogens with one attached hydrogen (secondary N) is 2. The van der Waals surface area contributed by atoms with Gasteiger partial charge in [0.05, 0.1) is 0 Å². The van der Waals surface area contributed by atoms with E-state index in [2.05, 4.69) is 47.1 Å². The lowest BCUT2D eigenvalue weighted by Gasteiger charge is -2.55. The molecular weight excluding hydrogens is 220 g/mol. The van der Waals surface area contributed by atoms with Crippen LogP contribution in [0.4, 0.5) is 0 Å². The summed E-state index contributed by atoms with van der Waals surface area (Å²) in [5.74, 6) is 0.591. The largest absolute Gasteiger partial charge is 0.317 e. The summed E-state index contributed by atoms with van der Waals surface area (Å²) in [4.78, 5) is 0. The normalized spacial score (nSPS) is 32.2. The van der Waals surface area contributed by atoms with Crippen molar-refractivity contribution in [3.05, 3.63) is 41.5 Å². The van der Waals surface area contributed by atoms with E-state index in [0.29, 0.717) is 17.4 Å². The van der Waals surface area contributed by atoms with Gasteiger partial charge >= 0.3 is 0 Å². The van der Waals surface area contributed by atoms with Crippen LogP contribution in [-0.2, 0) is 0 Å². The molecule has 18 heavy (non-hydrogen) atoms. The molecule has 0 amide bonds. The maximum absolute atomic E-state index is 3.71. The molecule has 2 aliphatic heterocycles. The first-order chi connectivity index (χ1) is 8.89. The number of piperidine rings is 1. The summed E-state index contributed by atoms with van der Waals surface area (Å²) in [5.41, 5.74) is 3.49. The molecule has 2 heterocycles. The molecule has 2 fully saturated rings. The standard InChI is InChI=1S/C16H20N2/c1-2-4-13-12(3-1)5-6-14(13)15-16(11-18-15)7-9-17-10-8-16/h1-6,14-15,17-18H,7-11H2. The predicted octanol–water partition coefficient (Wildman–Crippen LogP) is 2.14.